The Labute approximate surface area is 113 Å². The third-order valence-corrected chi connectivity index (χ3v) is 4.60. The average Bonchev–Trinajstić information content (AvgIpc) is 2.75. The molecule has 0 unspecified atom stereocenters. The third-order valence-electron chi connectivity index (χ3n) is 2.54. The van der Waals surface area contributed by atoms with Crippen molar-refractivity contribution < 1.29 is 8.42 Å². The summed E-state index contributed by atoms with van der Waals surface area (Å²) in [4.78, 5) is 6.60. The van der Waals surface area contributed by atoms with Crippen LogP contribution in [0.3, 0.4) is 0 Å². The Hall–Kier alpha value is -0.530. The number of hydrogen-bond donors (Lipinski definition) is 2. The molecule has 0 aliphatic rings. The van der Waals surface area contributed by atoms with Crippen LogP contribution in [0.25, 0.3) is 0 Å². The van der Waals surface area contributed by atoms with Gasteiger partial charge in [0.05, 0.1) is 6.20 Å². The van der Waals surface area contributed by atoms with Gasteiger partial charge in [0.15, 0.2) is 5.03 Å². The maximum atomic E-state index is 11.8. The molecular formula is C11H21N3O2S2. The Balaban J connectivity index is 2.22. The van der Waals surface area contributed by atoms with Gasteiger partial charge in [-0.1, -0.05) is 12.8 Å². The second-order valence-electron chi connectivity index (χ2n) is 4.14. The van der Waals surface area contributed by atoms with Crippen LogP contribution >= 0.6 is 11.8 Å². The van der Waals surface area contributed by atoms with Crippen molar-refractivity contribution in [3.8, 4) is 0 Å². The number of H-pyrrole nitrogens is 1. The molecular weight excluding hydrogens is 270 g/mol. The Bertz CT molecular complexity index is 443. The highest BCUT2D eigenvalue weighted by Gasteiger charge is 2.15. The maximum Gasteiger partial charge on any atom is 0.257 e. The smallest absolute Gasteiger partial charge is 0.257 e. The van der Waals surface area contributed by atoms with Crippen LogP contribution in [0.5, 0.6) is 0 Å². The van der Waals surface area contributed by atoms with Crippen LogP contribution in [0.15, 0.2) is 11.2 Å². The van der Waals surface area contributed by atoms with Gasteiger partial charge in [-0.05, 0) is 31.8 Å². The van der Waals surface area contributed by atoms with Gasteiger partial charge in [0.25, 0.3) is 10.0 Å². The molecule has 2 N–H and O–H groups in total. The number of nitrogens with one attached hydrogen (secondary N) is 2. The van der Waals surface area contributed by atoms with E-state index in [0.29, 0.717) is 12.4 Å². The number of unbranched alkanes of at least 4 members (excludes halogenated alkanes) is 3. The summed E-state index contributed by atoms with van der Waals surface area (Å²) in [5, 5.41) is 0.141. The molecule has 0 saturated heterocycles. The molecule has 0 atom stereocenters. The third kappa shape index (κ3) is 5.41. The molecule has 18 heavy (non-hydrogen) atoms. The molecule has 1 aromatic heterocycles. The fourth-order valence-corrected chi connectivity index (χ4v) is 3.08. The first kappa shape index (κ1) is 15.5. The molecule has 0 aliphatic heterocycles. The number of rotatable bonds is 9. The summed E-state index contributed by atoms with van der Waals surface area (Å²) in [5.74, 6) is 1.78. The lowest BCUT2D eigenvalue weighted by atomic mass is 10.2. The van der Waals surface area contributed by atoms with Crippen molar-refractivity contribution in [1.29, 1.82) is 0 Å². The van der Waals surface area contributed by atoms with Gasteiger partial charge in [0, 0.05) is 6.54 Å². The number of hydrogen-bond acceptors (Lipinski definition) is 4. The summed E-state index contributed by atoms with van der Waals surface area (Å²) >= 11 is 1.85. The van der Waals surface area contributed by atoms with E-state index in [4.69, 9.17) is 0 Å². The largest absolute Gasteiger partial charge is 0.332 e. The number of aryl methyl sites for hydroxylation is 1. The van der Waals surface area contributed by atoms with Crippen molar-refractivity contribution >= 4 is 21.8 Å². The molecule has 1 heterocycles. The van der Waals surface area contributed by atoms with Crippen molar-refractivity contribution in [1.82, 2.24) is 14.7 Å². The van der Waals surface area contributed by atoms with E-state index in [1.165, 1.54) is 18.4 Å². The van der Waals surface area contributed by atoms with Gasteiger partial charge in [-0.25, -0.2) is 18.1 Å². The molecule has 0 radical (unpaired) electrons. The highest BCUT2D eigenvalue weighted by atomic mass is 32.2. The molecule has 7 heteroatoms. The molecule has 0 saturated carbocycles. The SMILES string of the molecule is CSCCCCCCNS(=O)(=O)c1cnc(C)[nH]1. The predicted molar refractivity (Wildman–Crippen MR) is 75.4 cm³/mol. The molecule has 0 bridgehead atoms. The minimum atomic E-state index is -3.41. The fraction of sp³-hybridized carbons (Fsp3) is 0.727. The van der Waals surface area contributed by atoms with Crippen molar-refractivity contribution in [2.24, 2.45) is 0 Å². The van der Waals surface area contributed by atoms with E-state index < -0.39 is 10.0 Å². The topological polar surface area (TPSA) is 74.8 Å². The fourth-order valence-electron chi connectivity index (χ4n) is 1.54. The van der Waals surface area contributed by atoms with Crippen molar-refractivity contribution in [3.05, 3.63) is 12.0 Å². The van der Waals surface area contributed by atoms with E-state index in [9.17, 15) is 8.42 Å². The van der Waals surface area contributed by atoms with Crippen LogP contribution in [0.1, 0.15) is 31.5 Å². The molecule has 5 nitrogen and oxygen atoms in total. The maximum absolute atomic E-state index is 11.8. The quantitative estimate of drug-likeness (QED) is 0.682. The molecule has 0 aliphatic carbocycles. The number of nitrogens with zero attached hydrogens (tertiary/aromatic N) is 1. The first-order valence-electron chi connectivity index (χ1n) is 6.06. The molecule has 0 amide bonds. The first-order chi connectivity index (χ1) is 8.56. The van der Waals surface area contributed by atoms with Gasteiger partial charge < -0.3 is 4.98 Å². The van der Waals surface area contributed by atoms with E-state index in [1.54, 1.807) is 6.92 Å². The van der Waals surface area contributed by atoms with Crippen LogP contribution in [-0.4, -0.2) is 36.9 Å². The monoisotopic (exact) mass is 291 g/mol. The van der Waals surface area contributed by atoms with Gasteiger partial charge in [0.2, 0.25) is 0 Å². The van der Waals surface area contributed by atoms with Gasteiger partial charge in [0.1, 0.15) is 5.82 Å². The standard InChI is InChI=1S/C11H21N3O2S2/c1-10-12-9-11(14-10)18(15,16)13-7-5-3-4-6-8-17-2/h9,13H,3-8H2,1-2H3,(H,12,14). The van der Waals surface area contributed by atoms with E-state index in [2.05, 4.69) is 20.9 Å². The zero-order valence-electron chi connectivity index (χ0n) is 10.9. The van der Waals surface area contributed by atoms with Crippen LogP contribution in [0, 0.1) is 6.92 Å². The number of aromatic amines is 1. The van der Waals surface area contributed by atoms with Crippen LogP contribution in [0.2, 0.25) is 0 Å². The van der Waals surface area contributed by atoms with E-state index >= 15 is 0 Å². The number of imidazole rings is 1. The minimum Gasteiger partial charge on any atom is -0.332 e. The number of thioether (sulfide) groups is 1. The van der Waals surface area contributed by atoms with E-state index in [0.717, 1.165) is 19.3 Å². The summed E-state index contributed by atoms with van der Waals surface area (Å²) < 4.78 is 26.2. The van der Waals surface area contributed by atoms with Crippen LogP contribution in [0.4, 0.5) is 0 Å². The van der Waals surface area contributed by atoms with Crippen LogP contribution < -0.4 is 4.72 Å². The lowest BCUT2D eigenvalue weighted by Crippen LogP contribution is -2.25. The Kier molecular flexibility index (Phi) is 6.73. The highest BCUT2D eigenvalue weighted by molar-refractivity contribution is 7.98. The molecule has 0 fully saturated rings. The lowest BCUT2D eigenvalue weighted by Gasteiger charge is -2.04. The summed E-state index contributed by atoms with van der Waals surface area (Å²) in [6.07, 6.45) is 7.74. The number of sulfonamides is 1. The second-order valence-corrected chi connectivity index (χ2v) is 6.86. The second kappa shape index (κ2) is 7.81. The molecule has 104 valence electrons. The van der Waals surface area contributed by atoms with Crippen molar-refractivity contribution in [3.63, 3.8) is 0 Å². The van der Waals surface area contributed by atoms with Gasteiger partial charge in [-0.15, -0.1) is 0 Å². The average molecular weight is 291 g/mol. The molecule has 1 aromatic rings. The zero-order chi connectivity index (χ0) is 13.4. The first-order valence-corrected chi connectivity index (χ1v) is 8.94. The van der Waals surface area contributed by atoms with Crippen molar-refractivity contribution in [2.75, 3.05) is 18.6 Å². The summed E-state index contributed by atoms with van der Waals surface area (Å²) in [6, 6.07) is 0. The summed E-state index contributed by atoms with van der Waals surface area (Å²) in [7, 11) is -3.41. The molecule has 1 rings (SSSR count). The highest BCUT2D eigenvalue weighted by Crippen LogP contribution is 2.06. The Morgan fingerprint density at radius 2 is 2.06 bits per heavy atom. The Morgan fingerprint density at radius 1 is 1.33 bits per heavy atom. The van der Waals surface area contributed by atoms with E-state index in [1.807, 2.05) is 11.8 Å². The predicted octanol–water partition coefficient (Wildman–Crippen LogP) is 1.92. The van der Waals surface area contributed by atoms with E-state index in [-0.39, 0.29) is 5.03 Å². The van der Waals surface area contributed by atoms with Gasteiger partial charge in [-0.2, -0.15) is 11.8 Å². The van der Waals surface area contributed by atoms with Gasteiger partial charge in [-0.3, -0.25) is 0 Å². The lowest BCUT2D eigenvalue weighted by molar-refractivity contribution is 0.570. The molecule has 0 aromatic carbocycles. The molecule has 0 spiro atoms. The summed E-state index contributed by atoms with van der Waals surface area (Å²) in [5.41, 5.74) is 0. The Morgan fingerprint density at radius 3 is 2.67 bits per heavy atom. The minimum absolute atomic E-state index is 0.141. The van der Waals surface area contributed by atoms with Crippen molar-refractivity contribution in [2.45, 2.75) is 37.6 Å². The normalized spacial score (nSPS) is 11.9. The number of aromatic nitrogens is 2. The van der Waals surface area contributed by atoms with Crippen LogP contribution in [-0.2, 0) is 10.0 Å². The van der Waals surface area contributed by atoms with Gasteiger partial charge >= 0.3 is 0 Å². The zero-order valence-corrected chi connectivity index (χ0v) is 12.5. The summed E-state index contributed by atoms with van der Waals surface area (Å²) in [6.45, 7) is 2.21.